The van der Waals surface area contributed by atoms with Crippen LogP contribution in [-0.2, 0) is 11.8 Å². The first-order chi connectivity index (χ1) is 14.8. The molecule has 158 valence electrons. The summed E-state index contributed by atoms with van der Waals surface area (Å²) in [4.78, 5) is 17.4. The van der Waals surface area contributed by atoms with Gasteiger partial charge in [0.05, 0.1) is 11.1 Å². The van der Waals surface area contributed by atoms with Gasteiger partial charge in [0, 0.05) is 23.8 Å². The highest BCUT2D eigenvalue weighted by Gasteiger charge is 2.20. The van der Waals surface area contributed by atoms with Crippen LogP contribution < -0.4 is 10.1 Å². The molecular formula is C24H23ClN4O2. The number of halogens is 1. The predicted octanol–water partition coefficient (Wildman–Crippen LogP) is 5.31. The van der Waals surface area contributed by atoms with Crippen LogP contribution in [0, 0.1) is 13.8 Å². The number of anilines is 1. The third-order valence-electron chi connectivity index (χ3n) is 5.22. The van der Waals surface area contributed by atoms with Crippen molar-refractivity contribution < 1.29 is 9.53 Å². The zero-order chi connectivity index (χ0) is 22.1. The average molecular weight is 435 g/mol. The van der Waals surface area contributed by atoms with Gasteiger partial charge in [-0.25, -0.2) is 0 Å². The quantitative estimate of drug-likeness (QED) is 0.462. The molecule has 0 saturated heterocycles. The fourth-order valence-corrected chi connectivity index (χ4v) is 3.71. The van der Waals surface area contributed by atoms with E-state index in [2.05, 4.69) is 15.4 Å². The number of aryl methyl sites for hydroxylation is 2. The van der Waals surface area contributed by atoms with Crippen molar-refractivity contribution in [2.24, 2.45) is 7.05 Å². The summed E-state index contributed by atoms with van der Waals surface area (Å²) >= 11 is 6.15. The lowest BCUT2D eigenvalue weighted by Gasteiger charge is -2.16. The molecule has 4 aromatic rings. The summed E-state index contributed by atoms with van der Waals surface area (Å²) in [5.41, 5.74) is 5.04. The lowest BCUT2D eigenvalue weighted by atomic mass is 10.0. The first kappa shape index (κ1) is 20.9. The third-order valence-corrected chi connectivity index (χ3v) is 5.63. The Hall–Kier alpha value is -3.38. The van der Waals surface area contributed by atoms with Gasteiger partial charge in [0.15, 0.2) is 11.8 Å². The molecule has 0 spiro atoms. The Morgan fingerprint density at radius 2 is 1.87 bits per heavy atom. The van der Waals surface area contributed by atoms with Gasteiger partial charge in [-0.1, -0.05) is 48.0 Å². The molecule has 0 aliphatic rings. The molecule has 2 aromatic heterocycles. The molecule has 0 bridgehead atoms. The first-order valence-electron chi connectivity index (χ1n) is 9.97. The zero-order valence-corrected chi connectivity index (χ0v) is 18.6. The predicted molar refractivity (Wildman–Crippen MR) is 124 cm³/mol. The number of amides is 1. The number of hydrogen-bond donors (Lipinski definition) is 1. The number of hydrogen-bond acceptors (Lipinski definition) is 4. The van der Waals surface area contributed by atoms with Gasteiger partial charge in [-0.2, -0.15) is 10.1 Å². The zero-order valence-electron chi connectivity index (χ0n) is 17.8. The topological polar surface area (TPSA) is 69.0 Å². The number of nitrogens with one attached hydrogen (secondary N) is 1. The second kappa shape index (κ2) is 8.40. The van der Waals surface area contributed by atoms with E-state index in [4.69, 9.17) is 16.3 Å². The Morgan fingerprint density at radius 3 is 2.61 bits per heavy atom. The highest BCUT2D eigenvalue weighted by molar-refractivity contribution is 6.31. The van der Waals surface area contributed by atoms with Crippen LogP contribution in [0.5, 0.6) is 5.88 Å². The molecule has 4 rings (SSSR count). The van der Waals surface area contributed by atoms with Gasteiger partial charge in [-0.15, -0.1) is 0 Å². The van der Waals surface area contributed by atoms with Gasteiger partial charge in [0.25, 0.3) is 5.91 Å². The molecule has 1 N–H and O–H groups in total. The van der Waals surface area contributed by atoms with E-state index in [0.29, 0.717) is 22.2 Å². The molecule has 0 aliphatic carbocycles. The number of rotatable bonds is 5. The van der Waals surface area contributed by atoms with E-state index < -0.39 is 6.10 Å². The van der Waals surface area contributed by atoms with E-state index in [1.165, 1.54) is 0 Å². The second-order valence-corrected chi connectivity index (χ2v) is 7.85. The van der Waals surface area contributed by atoms with Gasteiger partial charge < -0.3 is 10.1 Å². The SMILES string of the molecule is Cc1c(Cl)cccc1NC(=O)[C@H](C)Oc1cc(-c2ccccc2)c2c(C)nn(C)c2n1. The Kier molecular flexibility index (Phi) is 5.65. The maximum absolute atomic E-state index is 12.7. The van der Waals surface area contributed by atoms with Gasteiger partial charge in [-0.05, 0) is 49.6 Å². The molecular weight excluding hydrogens is 412 g/mol. The number of aromatic nitrogens is 3. The van der Waals surface area contributed by atoms with Crippen molar-refractivity contribution >= 4 is 34.2 Å². The van der Waals surface area contributed by atoms with E-state index in [1.54, 1.807) is 23.7 Å². The van der Waals surface area contributed by atoms with Crippen molar-refractivity contribution in [3.8, 4) is 17.0 Å². The minimum Gasteiger partial charge on any atom is -0.464 e. The Labute approximate surface area is 185 Å². The van der Waals surface area contributed by atoms with Crippen LogP contribution in [0.3, 0.4) is 0 Å². The van der Waals surface area contributed by atoms with Crippen molar-refractivity contribution in [3.05, 3.63) is 70.9 Å². The molecule has 7 heteroatoms. The highest BCUT2D eigenvalue weighted by Crippen LogP contribution is 2.33. The molecule has 2 heterocycles. The number of benzene rings is 2. The Balaban J connectivity index is 1.66. The number of pyridine rings is 1. The van der Waals surface area contributed by atoms with Crippen LogP contribution in [0.25, 0.3) is 22.2 Å². The van der Waals surface area contributed by atoms with Crippen molar-refractivity contribution in [3.63, 3.8) is 0 Å². The molecule has 0 saturated carbocycles. The van der Waals surface area contributed by atoms with Crippen LogP contribution >= 0.6 is 11.6 Å². The first-order valence-corrected chi connectivity index (χ1v) is 10.4. The third kappa shape index (κ3) is 4.11. The minimum atomic E-state index is -0.763. The Bertz CT molecular complexity index is 1270. The summed E-state index contributed by atoms with van der Waals surface area (Å²) in [5.74, 6) is 0.0783. The molecule has 0 radical (unpaired) electrons. The van der Waals surface area contributed by atoms with Crippen molar-refractivity contribution in [1.82, 2.24) is 14.8 Å². The van der Waals surface area contributed by atoms with Crippen LogP contribution in [0.2, 0.25) is 5.02 Å². The molecule has 0 fully saturated rings. The molecule has 0 aliphatic heterocycles. The molecule has 0 unspecified atom stereocenters. The van der Waals surface area contributed by atoms with E-state index in [1.807, 2.05) is 63.4 Å². The molecule has 1 atom stereocenters. The summed E-state index contributed by atoms with van der Waals surface area (Å²) in [5, 5.41) is 8.95. The summed E-state index contributed by atoms with van der Waals surface area (Å²) in [6.07, 6.45) is -0.763. The van der Waals surface area contributed by atoms with Crippen LogP contribution in [0.15, 0.2) is 54.6 Å². The normalized spacial score (nSPS) is 12.0. The standard InChI is InChI=1S/C24H23ClN4O2/c1-14-19(25)11-8-12-20(14)26-24(30)16(3)31-21-13-18(17-9-6-5-7-10-17)22-15(2)28-29(4)23(22)27-21/h5-13,16H,1-4H3,(H,26,30)/t16-/m0/s1. The van der Waals surface area contributed by atoms with E-state index in [9.17, 15) is 4.79 Å². The number of fused-ring (bicyclic) bond motifs is 1. The number of ether oxygens (including phenoxy) is 1. The second-order valence-electron chi connectivity index (χ2n) is 7.44. The lowest BCUT2D eigenvalue weighted by Crippen LogP contribution is -2.30. The van der Waals surface area contributed by atoms with Crippen LogP contribution in [0.1, 0.15) is 18.2 Å². The Morgan fingerprint density at radius 1 is 1.13 bits per heavy atom. The minimum absolute atomic E-state index is 0.283. The molecule has 1 amide bonds. The van der Waals surface area contributed by atoms with Crippen molar-refractivity contribution in [2.45, 2.75) is 26.9 Å². The fourth-order valence-electron chi connectivity index (χ4n) is 3.54. The van der Waals surface area contributed by atoms with Crippen LogP contribution in [-0.4, -0.2) is 26.8 Å². The van der Waals surface area contributed by atoms with E-state index in [-0.39, 0.29) is 5.91 Å². The van der Waals surface area contributed by atoms with Gasteiger partial charge in [0.2, 0.25) is 5.88 Å². The van der Waals surface area contributed by atoms with E-state index in [0.717, 1.165) is 27.8 Å². The molecule has 31 heavy (non-hydrogen) atoms. The number of carbonyl (C=O) groups excluding carboxylic acids is 1. The summed E-state index contributed by atoms with van der Waals surface area (Å²) in [6, 6.07) is 17.2. The summed E-state index contributed by atoms with van der Waals surface area (Å²) < 4.78 is 7.68. The number of nitrogens with zero attached hydrogens (tertiary/aromatic N) is 3. The monoisotopic (exact) mass is 434 g/mol. The van der Waals surface area contributed by atoms with Gasteiger partial charge in [-0.3, -0.25) is 9.48 Å². The summed E-state index contributed by atoms with van der Waals surface area (Å²) in [6.45, 7) is 5.51. The van der Waals surface area contributed by atoms with Crippen molar-refractivity contribution in [2.75, 3.05) is 5.32 Å². The van der Waals surface area contributed by atoms with Crippen LogP contribution in [0.4, 0.5) is 5.69 Å². The highest BCUT2D eigenvalue weighted by atomic mass is 35.5. The molecule has 2 aromatic carbocycles. The fraction of sp³-hybridized carbons (Fsp3) is 0.208. The largest absolute Gasteiger partial charge is 0.464 e. The maximum atomic E-state index is 12.7. The van der Waals surface area contributed by atoms with Gasteiger partial charge in [0.1, 0.15) is 0 Å². The lowest BCUT2D eigenvalue weighted by molar-refractivity contribution is -0.122. The maximum Gasteiger partial charge on any atom is 0.265 e. The van der Waals surface area contributed by atoms with Gasteiger partial charge >= 0.3 is 0 Å². The van der Waals surface area contributed by atoms with E-state index >= 15 is 0 Å². The number of carbonyl (C=O) groups is 1. The smallest absolute Gasteiger partial charge is 0.265 e. The van der Waals surface area contributed by atoms with Crippen molar-refractivity contribution in [1.29, 1.82) is 0 Å². The summed E-state index contributed by atoms with van der Waals surface area (Å²) in [7, 11) is 1.85. The average Bonchev–Trinajstić information content (AvgIpc) is 3.05. The molecule has 6 nitrogen and oxygen atoms in total.